The summed E-state index contributed by atoms with van der Waals surface area (Å²) < 4.78 is 5.22. The lowest BCUT2D eigenvalue weighted by Crippen LogP contribution is -2.31. The molecule has 3 heteroatoms. The second-order valence-corrected chi connectivity index (χ2v) is 3.54. The molecule has 1 unspecified atom stereocenters. The molecule has 0 bridgehead atoms. The van der Waals surface area contributed by atoms with Crippen LogP contribution in [0.5, 0.6) is 0 Å². The van der Waals surface area contributed by atoms with Crippen molar-refractivity contribution in [3.8, 4) is 0 Å². The maximum atomic E-state index is 10.4. The molecule has 1 aliphatic rings. The average Bonchev–Trinajstić information content (AvgIpc) is 1.85. The number of aliphatic carboxylic acids is 1. The van der Waals surface area contributed by atoms with Crippen molar-refractivity contribution in [2.45, 2.75) is 26.2 Å². The predicted molar refractivity (Wildman–Crippen MR) is 40.4 cm³/mol. The monoisotopic (exact) mass is 158 g/mol. The molecule has 0 spiro atoms. The Bertz CT molecular complexity index is 147. The molecular weight excluding hydrogens is 144 g/mol. The summed E-state index contributed by atoms with van der Waals surface area (Å²) in [5.74, 6) is -0.724. The van der Waals surface area contributed by atoms with Gasteiger partial charge in [-0.15, -0.1) is 0 Å². The zero-order valence-electron chi connectivity index (χ0n) is 6.80. The van der Waals surface area contributed by atoms with Crippen molar-refractivity contribution in [1.82, 2.24) is 0 Å². The molecule has 0 amide bonds. The zero-order valence-corrected chi connectivity index (χ0v) is 6.80. The van der Waals surface area contributed by atoms with Gasteiger partial charge in [-0.1, -0.05) is 6.92 Å². The molecule has 0 radical (unpaired) electrons. The Morgan fingerprint density at radius 1 is 1.73 bits per heavy atom. The second-order valence-electron chi connectivity index (χ2n) is 3.54. The highest BCUT2D eigenvalue weighted by molar-refractivity contribution is 5.67. The maximum absolute atomic E-state index is 10.4. The Morgan fingerprint density at radius 2 is 2.45 bits per heavy atom. The summed E-state index contributed by atoms with van der Waals surface area (Å²) in [6.45, 7) is 3.36. The van der Waals surface area contributed by atoms with Gasteiger partial charge in [-0.05, 0) is 12.8 Å². The fourth-order valence-corrected chi connectivity index (χ4v) is 1.50. The summed E-state index contributed by atoms with van der Waals surface area (Å²) >= 11 is 0. The second kappa shape index (κ2) is 3.22. The van der Waals surface area contributed by atoms with Gasteiger partial charge in [0, 0.05) is 12.0 Å². The molecule has 0 saturated carbocycles. The van der Waals surface area contributed by atoms with Crippen LogP contribution in [0.3, 0.4) is 0 Å². The number of carboxylic acids is 1. The molecule has 1 saturated heterocycles. The van der Waals surface area contributed by atoms with Crippen LogP contribution in [0.1, 0.15) is 26.2 Å². The number of hydrogen-bond donors (Lipinski definition) is 1. The van der Waals surface area contributed by atoms with Crippen LogP contribution in [0, 0.1) is 5.41 Å². The first-order valence-corrected chi connectivity index (χ1v) is 3.92. The molecular formula is C8H14O3. The standard InChI is InChI=1S/C8H14O3/c1-8(5-7(9)10)3-2-4-11-6-8/h2-6H2,1H3,(H,9,10). The van der Waals surface area contributed by atoms with Crippen LogP contribution in [-0.2, 0) is 9.53 Å². The minimum atomic E-state index is -0.724. The Kier molecular flexibility index (Phi) is 2.49. The van der Waals surface area contributed by atoms with Crippen molar-refractivity contribution >= 4 is 5.97 Å². The molecule has 1 fully saturated rings. The molecule has 1 N–H and O–H groups in total. The van der Waals surface area contributed by atoms with Crippen molar-refractivity contribution in [2.24, 2.45) is 5.41 Å². The quantitative estimate of drug-likeness (QED) is 0.658. The van der Waals surface area contributed by atoms with Gasteiger partial charge in [0.15, 0.2) is 0 Å². The maximum Gasteiger partial charge on any atom is 0.303 e. The minimum absolute atomic E-state index is 0.121. The predicted octanol–water partition coefficient (Wildman–Crippen LogP) is 1.28. The lowest BCUT2D eigenvalue weighted by Gasteiger charge is -2.31. The minimum Gasteiger partial charge on any atom is -0.481 e. The number of hydrogen-bond acceptors (Lipinski definition) is 2. The Balaban J connectivity index is 2.43. The highest BCUT2D eigenvalue weighted by atomic mass is 16.5. The largest absolute Gasteiger partial charge is 0.481 e. The number of ether oxygens (including phenoxy) is 1. The number of carbonyl (C=O) groups is 1. The Labute approximate surface area is 66.4 Å². The van der Waals surface area contributed by atoms with E-state index < -0.39 is 5.97 Å². The first-order chi connectivity index (χ1) is 5.12. The summed E-state index contributed by atoms with van der Waals surface area (Å²) in [6, 6.07) is 0. The third kappa shape index (κ3) is 2.50. The smallest absolute Gasteiger partial charge is 0.303 e. The van der Waals surface area contributed by atoms with Crippen LogP contribution in [0.25, 0.3) is 0 Å². The van der Waals surface area contributed by atoms with Crippen LogP contribution < -0.4 is 0 Å². The van der Waals surface area contributed by atoms with Crippen LogP contribution >= 0.6 is 0 Å². The first-order valence-electron chi connectivity index (χ1n) is 3.92. The topological polar surface area (TPSA) is 46.5 Å². The van der Waals surface area contributed by atoms with E-state index in [-0.39, 0.29) is 11.8 Å². The third-order valence-electron chi connectivity index (χ3n) is 2.10. The van der Waals surface area contributed by atoms with E-state index in [1.807, 2.05) is 6.92 Å². The van der Waals surface area contributed by atoms with Gasteiger partial charge in [0.2, 0.25) is 0 Å². The van der Waals surface area contributed by atoms with Gasteiger partial charge < -0.3 is 9.84 Å². The highest BCUT2D eigenvalue weighted by Crippen LogP contribution is 2.31. The van der Waals surface area contributed by atoms with E-state index in [0.29, 0.717) is 6.61 Å². The van der Waals surface area contributed by atoms with Crippen LogP contribution in [0.15, 0.2) is 0 Å². The van der Waals surface area contributed by atoms with E-state index >= 15 is 0 Å². The molecule has 1 rings (SSSR count). The van der Waals surface area contributed by atoms with E-state index in [4.69, 9.17) is 9.84 Å². The van der Waals surface area contributed by atoms with Gasteiger partial charge in [-0.2, -0.15) is 0 Å². The SMILES string of the molecule is CC1(CC(=O)O)CCCOC1. The van der Waals surface area contributed by atoms with Gasteiger partial charge >= 0.3 is 5.97 Å². The molecule has 1 atom stereocenters. The fraction of sp³-hybridized carbons (Fsp3) is 0.875. The molecule has 1 heterocycles. The Hall–Kier alpha value is -0.570. The van der Waals surface area contributed by atoms with Gasteiger partial charge in [-0.3, -0.25) is 4.79 Å². The number of carboxylic acid groups (broad SMARTS) is 1. The lowest BCUT2D eigenvalue weighted by atomic mass is 9.82. The highest BCUT2D eigenvalue weighted by Gasteiger charge is 2.29. The van der Waals surface area contributed by atoms with E-state index in [2.05, 4.69) is 0 Å². The zero-order chi connectivity index (χ0) is 8.32. The van der Waals surface area contributed by atoms with Crippen LogP contribution in [0.4, 0.5) is 0 Å². The molecule has 64 valence electrons. The number of rotatable bonds is 2. The first kappa shape index (κ1) is 8.53. The third-order valence-corrected chi connectivity index (χ3v) is 2.10. The van der Waals surface area contributed by atoms with Crippen LogP contribution in [0.2, 0.25) is 0 Å². The summed E-state index contributed by atoms with van der Waals surface area (Å²) in [4.78, 5) is 10.4. The summed E-state index contributed by atoms with van der Waals surface area (Å²) in [5, 5.41) is 8.58. The van der Waals surface area contributed by atoms with Crippen LogP contribution in [-0.4, -0.2) is 24.3 Å². The van der Waals surface area contributed by atoms with Crippen molar-refractivity contribution in [3.63, 3.8) is 0 Å². The van der Waals surface area contributed by atoms with Gasteiger partial charge in [0.1, 0.15) is 0 Å². The summed E-state index contributed by atoms with van der Waals surface area (Å²) in [6.07, 6.45) is 2.19. The molecule has 0 aromatic rings. The summed E-state index contributed by atoms with van der Waals surface area (Å²) in [5.41, 5.74) is -0.121. The van der Waals surface area contributed by atoms with Crippen molar-refractivity contribution in [3.05, 3.63) is 0 Å². The van der Waals surface area contributed by atoms with Gasteiger partial charge in [-0.25, -0.2) is 0 Å². The lowest BCUT2D eigenvalue weighted by molar-refractivity contribution is -0.141. The summed E-state index contributed by atoms with van der Waals surface area (Å²) in [7, 11) is 0. The average molecular weight is 158 g/mol. The van der Waals surface area contributed by atoms with Gasteiger partial charge in [0.05, 0.1) is 13.0 Å². The molecule has 1 aliphatic heterocycles. The molecule has 0 aromatic carbocycles. The van der Waals surface area contributed by atoms with E-state index in [9.17, 15) is 4.79 Å². The normalized spacial score (nSPS) is 31.7. The van der Waals surface area contributed by atoms with Crippen molar-refractivity contribution < 1.29 is 14.6 Å². The fourth-order valence-electron chi connectivity index (χ4n) is 1.50. The van der Waals surface area contributed by atoms with Crippen molar-refractivity contribution in [2.75, 3.05) is 13.2 Å². The van der Waals surface area contributed by atoms with E-state index in [1.54, 1.807) is 0 Å². The Morgan fingerprint density at radius 3 is 2.91 bits per heavy atom. The molecule has 3 nitrogen and oxygen atoms in total. The van der Waals surface area contributed by atoms with E-state index in [1.165, 1.54) is 0 Å². The van der Waals surface area contributed by atoms with E-state index in [0.717, 1.165) is 19.4 Å². The van der Waals surface area contributed by atoms with Crippen molar-refractivity contribution in [1.29, 1.82) is 0 Å². The van der Waals surface area contributed by atoms with Gasteiger partial charge in [0.25, 0.3) is 0 Å². The molecule has 11 heavy (non-hydrogen) atoms. The molecule has 0 aromatic heterocycles. The molecule has 0 aliphatic carbocycles.